The molecule has 0 aliphatic rings. The van der Waals surface area contributed by atoms with Crippen LogP contribution >= 0.6 is 0 Å². The Balaban J connectivity index is 1.09. The highest BCUT2D eigenvalue weighted by Gasteiger charge is 2.43. The van der Waals surface area contributed by atoms with Gasteiger partial charge in [0.25, 0.3) is 0 Å². The zero-order valence-corrected chi connectivity index (χ0v) is 45.6. The third kappa shape index (κ3) is 8.17. The molecular weight excluding hydrogens is 993 g/mol. The van der Waals surface area contributed by atoms with Crippen molar-refractivity contribution in [2.45, 2.75) is 0 Å². The van der Waals surface area contributed by atoms with Crippen LogP contribution < -0.4 is 20.7 Å². The number of fused-ring (bicyclic) bond motifs is 6. The first-order valence-electron chi connectivity index (χ1n) is 28.0. The molecule has 2 heterocycles. The number of nitrogens with zero attached hydrogens (tertiary/aromatic N) is 2. The lowest BCUT2D eigenvalue weighted by molar-refractivity contribution is 1.17. The second kappa shape index (κ2) is 20.2. The van der Waals surface area contributed by atoms with E-state index in [9.17, 15) is 0 Å². The lowest BCUT2D eigenvalue weighted by Crippen LogP contribution is -2.74. The summed E-state index contributed by atoms with van der Waals surface area (Å²) in [6, 6.07) is 122. The van der Waals surface area contributed by atoms with Crippen LogP contribution in [0.2, 0.25) is 0 Å². The molecule has 15 rings (SSSR count). The van der Waals surface area contributed by atoms with Crippen molar-refractivity contribution < 1.29 is 0 Å². The number of hydrogen-bond donors (Lipinski definition) is 0. The first kappa shape index (κ1) is 47.9. The average molecular weight is 1050 g/mol. The van der Waals surface area contributed by atoms with Crippen LogP contribution in [0.15, 0.2) is 328 Å². The molecule has 0 spiro atoms. The minimum atomic E-state index is -3.31. The summed E-state index contributed by atoms with van der Waals surface area (Å²) in [6.45, 7) is 0. The van der Waals surface area contributed by atoms with Gasteiger partial charge in [-0.2, -0.15) is 0 Å². The Bertz CT molecular complexity index is 4550. The quantitative estimate of drug-likeness (QED) is 0.0902. The number of rotatable bonds is 11. The molecule has 0 saturated carbocycles. The van der Waals surface area contributed by atoms with Crippen molar-refractivity contribution in [2.24, 2.45) is 0 Å². The van der Waals surface area contributed by atoms with Crippen LogP contribution in [0.25, 0.3) is 111 Å². The lowest BCUT2D eigenvalue weighted by atomic mass is 9.95. The van der Waals surface area contributed by atoms with E-state index in [2.05, 4.69) is 337 Å². The molecule has 0 atom stereocenters. The summed E-state index contributed by atoms with van der Waals surface area (Å²) < 4.78 is 5.03. The van der Waals surface area contributed by atoms with Crippen molar-refractivity contribution in [1.82, 2.24) is 9.13 Å². The lowest BCUT2D eigenvalue weighted by Gasteiger charge is -2.36. The minimum absolute atomic E-state index is 1.13. The van der Waals surface area contributed by atoms with Crippen molar-refractivity contribution in [1.29, 1.82) is 0 Å². The summed E-state index contributed by atoms with van der Waals surface area (Å²) in [5.41, 5.74) is 18.7. The smallest absolute Gasteiger partial charge is 0.179 e. The summed E-state index contributed by atoms with van der Waals surface area (Å²) in [7, 11) is -3.31. The number of para-hydroxylation sites is 2. The molecule has 2 aromatic heterocycles. The van der Waals surface area contributed by atoms with E-state index in [1.165, 1.54) is 86.7 Å². The van der Waals surface area contributed by atoms with Crippen LogP contribution in [0.5, 0.6) is 0 Å². The summed E-state index contributed by atoms with van der Waals surface area (Å²) in [5.74, 6) is 0. The highest BCUT2D eigenvalue weighted by atomic mass is 28.3. The molecule has 3 heteroatoms. The number of aromatic nitrogens is 2. The molecule has 2 nitrogen and oxygen atoms in total. The molecule has 0 N–H and O–H groups in total. The van der Waals surface area contributed by atoms with Crippen molar-refractivity contribution in [2.75, 3.05) is 0 Å². The second-order valence-corrected chi connectivity index (χ2v) is 25.0. The maximum absolute atomic E-state index is 3.31. The Morgan fingerprint density at radius 3 is 1.02 bits per heavy atom. The fourth-order valence-electron chi connectivity index (χ4n) is 13.0. The fourth-order valence-corrected chi connectivity index (χ4v) is 17.8. The molecule has 380 valence electrons. The number of hydrogen-bond acceptors (Lipinski definition) is 0. The van der Waals surface area contributed by atoms with Crippen molar-refractivity contribution in [3.05, 3.63) is 328 Å². The summed E-state index contributed by atoms with van der Waals surface area (Å²) in [5, 5.41) is 10.1. The Morgan fingerprint density at radius 1 is 0.198 bits per heavy atom. The van der Waals surface area contributed by atoms with Crippen molar-refractivity contribution in [3.63, 3.8) is 0 Å². The van der Waals surface area contributed by atoms with Gasteiger partial charge in [-0.05, 0) is 114 Å². The Hall–Kier alpha value is -10.3. The van der Waals surface area contributed by atoms with E-state index in [0.717, 1.165) is 44.7 Å². The van der Waals surface area contributed by atoms with E-state index < -0.39 is 8.07 Å². The molecule has 0 saturated heterocycles. The molecule has 15 aromatic rings. The molecule has 0 amide bonds. The first-order valence-corrected chi connectivity index (χ1v) is 30.0. The normalized spacial score (nSPS) is 11.7. The molecule has 0 aliphatic carbocycles. The van der Waals surface area contributed by atoms with Gasteiger partial charge in [-0.3, -0.25) is 0 Å². The van der Waals surface area contributed by atoms with Crippen LogP contribution in [-0.4, -0.2) is 17.2 Å². The minimum Gasteiger partial charge on any atom is -0.309 e. The fraction of sp³-hybridized carbons (Fsp3) is 0. The molecule has 13 aromatic carbocycles. The summed E-state index contributed by atoms with van der Waals surface area (Å²) in [6.07, 6.45) is 0. The first-order chi connectivity index (χ1) is 40.2. The van der Waals surface area contributed by atoms with Crippen LogP contribution in [0.3, 0.4) is 0 Å². The van der Waals surface area contributed by atoms with Crippen LogP contribution in [0.1, 0.15) is 0 Å². The van der Waals surface area contributed by atoms with Crippen molar-refractivity contribution in [3.8, 4) is 67.0 Å². The van der Waals surface area contributed by atoms with Gasteiger partial charge in [0.2, 0.25) is 0 Å². The predicted molar refractivity (Wildman–Crippen MR) is 346 cm³/mol. The zero-order chi connectivity index (χ0) is 53.7. The van der Waals surface area contributed by atoms with Gasteiger partial charge in [0, 0.05) is 38.4 Å². The van der Waals surface area contributed by atoms with E-state index in [-0.39, 0.29) is 0 Å². The van der Waals surface area contributed by atoms with Gasteiger partial charge in [0.05, 0.1) is 27.8 Å². The predicted octanol–water partition coefficient (Wildman–Crippen LogP) is 17.6. The van der Waals surface area contributed by atoms with Gasteiger partial charge in [-0.1, -0.05) is 279 Å². The molecule has 0 unspecified atom stereocenters. The summed E-state index contributed by atoms with van der Waals surface area (Å²) in [4.78, 5) is 0. The van der Waals surface area contributed by atoms with E-state index >= 15 is 0 Å². The summed E-state index contributed by atoms with van der Waals surface area (Å²) >= 11 is 0. The van der Waals surface area contributed by atoms with E-state index in [1.54, 1.807) is 0 Å². The molecule has 0 radical (unpaired) electrons. The van der Waals surface area contributed by atoms with Crippen LogP contribution in [-0.2, 0) is 0 Å². The molecular formula is C78H54N2Si. The van der Waals surface area contributed by atoms with E-state index in [1.807, 2.05) is 0 Å². The van der Waals surface area contributed by atoms with Crippen LogP contribution in [0, 0.1) is 0 Å². The Kier molecular flexibility index (Phi) is 11.9. The Labute approximate surface area is 473 Å². The molecule has 81 heavy (non-hydrogen) atoms. The van der Waals surface area contributed by atoms with Gasteiger partial charge in [-0.15, -0.1) is 0 Å². The van der Waals surface area contributed by atoms with Gasteiger partial charge in [-0.25, -0.2) is 0 Å². The van der Waals surface area contributed by atoms with E-state index in [4.69, 9.17) is 0 Å². The SMILES string of the molecule is c1ccc(-c2cc(-c3ccccc3)cc([Si](c3ccccc3)(c3ccccc3)c3cc(-c4ccccc4)c(-n4c5ccc(-c6ccccc6)cc5c5cc(-n6c7ccccc7c7ccccc76)ccc54)c(-c4ccccc4)c3)c2)cc1. The van der Waals surface area contributed by atoms with Crippen molar-refractivity contribution >= 4 is 72.4 Å². The third-order valence-corrected chi connectivity index (χ3v) is 21.3. The van der Waals surface area contributed by atoms with Gasteiger partial charge < -0.3 is 9.13 Å². The van der Waals surface area contributed by atoms with E-state index in [0.29, 0.717) is 0 Å². The maximum Gasteiger partial charge on any atom is 0.179 e. The van der Waals surface area contributed by atoms with Gasteiger partial charge in [0.15, 0.2) is 8.07 Å². The third-order valence-electron chi connectivity index (χ3n) is 16.6. The average Bonchev–Trinajstić information content (AvgIpc) is 4.05. The topological polar surface area (TPSA) is 9.86 Å². The number of benzene rings is 13. The molecule has 0 aliphatic heterocycles. The van der Waals surface area contributed by atoms with Gasteiger partial charge >= 0.3 is 0 Å². The molecule has 0 fully saturated rings. The standard InChI is InChI=1S/C78H54N2Si/c1-8-26-55(27-9-1)60-44-46-76-72(51-60)73-52-63(79-74-42-24-22-40-68(74)69-41-23-25-43-75(69)79)45-47-77(73)80(76)78-70(58-32-14-4-15-33-58)53-67(54-71(78)59-34-16-5-17-35-59)81(64-36-18-6-19-37-64,65-38-20-7-21-39-65)66-49-61(56-28-10-2-11-29-56)48-62(50-66)57-30-12-3-13-31-57/h1-54H. The highest BCUT2D eigenvalue weighted by Crippen LogP contribution is 2.44. The second-order valence-electron chi connectivity index (χ2n) is 21.2. The molecule has 0 bridgehead atoms. The van der Waals surface area contributed by atoms with Gasteiger partial charge in [0.1, 0.15) is 0 Å². The Morgan fingerprint density at radius 2 is 0.556 bits per heavy atom. The maximum atomic E-state index is 2.59. The zero-order valence-electron chi connectivity index (χ0n) is 44.6. The monoisotopic (exact) mass is 1050 g/mol. The van der Waals surface area contributed by atoms with Crippen LogP contribution in [0.4, 0.5) is 0 Å². The largest absolute Gasteiger partial charge is 0.309 e. The highest BCUT2D eigenvalue weighted by molar-refractivity contribution is 7.20.